The highest BCUT2D eigenvalue weighted by Crippen LogP contribution is 2.42. The predicted molar refractivity (Wildman–Crippen MR) is 220 cm³/mol. The molecule has 6 atom stereocenters. The number of benzene rings is 2. The first-order valence-electron chi connectivity index (χ1n) is 20.4. The fraction of sp³-hybridized carbons (Fsp3) is 0.477. The number of fused-ring (bicyclic) bond motifs is 1. The highest BCUT2D eigenvalue weighted by molar-refractivity contribution is 5.89. The van der Waals surface area contributed by atoms with Gasteiger partial charge < -0.3 is 49.3 Å². The minimum absolute atomic E-state index is 0.138. The van der Waals surface area contributed by atoms with Crippen molar-refractivity contribution >= 4 is 23.8 Å². The molecule has 2 fully saturated rings. The SMILES string of the molecule is CCC(=O)N[C@H](C(=O)N1CCC[C@H]1c1[nH]c(-c2ccc(-c3ccc(-c4cnc([C@@H]5CCCN5C(=O)[C@@H](NC(=O)OC)[C@@H](C)OC)[nH]4)cc3)cc2)c2c1COC2)[C@@H](C)OC. The van der Waals surface area contributed by atoms with Gasteiger partial charge in [0.05, 0.1) is 62.2 Å². The number of imidazole rings is 1. The number of aromatic nitrogens is 3. The lowest BCUT2D eigenvalue weighted by molar-refractivity contribution is -0.141. The second-order valence-corrected chi connectivity index (χ2v) is 15.5. The number of H-pyrrole nitrogens is 2. The molecule has 0 bridgehead atoms. The lowest BCUT2D eigenvalue weighted by Crippen LogP contribution is -2.54. The third-order valence-corrected chi connectivity index (χ3v) is 12.1. The fourth-order valence-electron chi connectivity index (χ4n) is 8.53. The summed E-state index contributed by atoms with van der Waals surface area (Å²) in [6.45, 7) is 7.43. The number of likely N-dealkylation sites (tertiary alicyclic amines) is 2. The number of hydrogen-bond acceptors (Lipinski definition) is 9. The molecule has 2 aromatic heterocycles. The van der Waals surface area contributed by atoms with Crippen LogP contribution in [-0.4, -0.2) is 107 Å². The zero-order chi connectivity index (χ0) is 41.8. The smallest absolute Gasteiger partial charge is 0.407 e. The summed E-state index contributed by atoms with van der Waals surface area (Å²) in [4.78, 5) is 67.5. The lowest BCUT2D eigenvalue weighted by atomic mass is 9.99. The Kier molecular flexibility index (Phi) is 12.8. The van der Waals surface area contributed by atoms with Crippen LogP contribution in [0.25, 0.3) is 33.6 Å². The molecule has 5 heterocycles. The third kappa shape index (κ3) is 8.50. The predicted octanol–water partition coefficient (Wildman–Crippen LogP) is 5.79. The van der Waals surface area contributed by atoms with Crippen molar-refractivity contribution in [3.05, 3.63) is 77.4 Å². The summed E-state index contributed by atoms with van der Waals surface area (Å²) in [6, 6.07) is 14.6. The Hall–Kier alpha value is -5.51. The van der Waals surface area contributed by atoms with E-state index in [1.807, 2.05) is 4.90 Å². The van der Waals surface area contributed by atoms with Gasteiger partial charge in [-0.3, -0.25) is 14.4 Å². The van der Waals surface area contributed by atoms with Crippen LogP contribution in [0.15, 0.2) is 54.7 Å². The topological polar surface area (TPSA) is 180 Å². The van der Waals surface area contributed by atoms with Crippen LogP contribution in [0.5, 0.6) is 0 Å². The molecule has 4 amide bonds. The summed E-state index contributed by atoms with van der Waals surface area (Å²) in [6.07, 6.45) is 3.57. The summed E-state index contributed by atoms with van der Waals surface area (Å²) < 4.78 is 21.6. The van der Waals surface area contributed by atoms with Crippen molar-refractivity contribution in [1.29, 1.82) is 0 Å². The maximum atomic E-state index is 14.0. The maximum Gasteiger partial charge on any atom is 0.407 e. The van der Waals surface area contributed by atoms with E-state index in [9.17, 15) is 19.2 Å². The minimum atomic E-state index is -0.898. The van der Waals surface area contributed by atoms with E-state index < -0.39 is 30.4 Å². The molecule has 2 aromatic carbocycles. The van der Waals surface area contributed by atoms with Crippen LogP contribution < -0.4 is 10.6 Å². The molecule has 7 rings (SSSR count). The number of alkyl carbamates (subject to hydrolysis) is 1. The molecule has 0 unspecified atom stereocenters. The molecule has 0 aliphatic carbocycles. The zero-order valence-corrected chi connectivity index (χ0v) is 34.6. The fourth-order valence-corrected chi connectivity index (χ4v) is 8.53. The average molecular weight is 810 g/mol. The number of rotatable bonds is 14. The van der Waals surface area contributed by atoms with Crippen LogP contribution in [-0.2, 0) is 46.5 Å². The summed E-state index contributed by atoms with van der Waals surface area (Å²) in [5.41, 5.74) is 9.16. The highest BCUT2D eigenvalue weighted by Gasteiger charge is 2.41. The Bertz CT molecular complexity index is 2130. The molecule has 0 saturated carbocycles. The van der Waals surface area contributed by atoms with Crippen molar-refractivity contribution in [3.63, 3.8) is 0 Å². The average Bonchev–Trinajstić information content (AvgIpc) is 4.12. The van der Waals surface area contributed by atoms with Gasteiger partial charge in [0.2, 0.25) is 17.7 Å². The molecule has 4 aromatic rings. The van der Waals surface area contributed by atoms with E-state index in [-0.39, 0.29) is 36.2 Å². The zero-order valence-electron chi connectivity index (χ0n) is 34.6. The van der Waals surface area contributed by atoms with Gasteiger partial charge >= 0.3 is 6.09 Å². The van der Waals surface area contributed by atoms with Crippen molar-refractivity contribution in [1.82, 2.24) is 35.4 Å². The Balaban J connectivity index is 1.05. The monoisotopic (exact) mass is 809 g/mol. The van der Waals surface area contributed by atoms with Gasteiger partial charge in [-0.2, -0.15) is 0 Å². The van der Waals surface area contributed by atoms with Crippen molar-refractivity contribution < 1.29 is 38.1 Å². The van der Waals surface area contributed by atoms with Gasteiger partial charge in [0.1, 0.15) is 17.9 Å². The van der Waals surface area contributed by atoms with E-state index in [4.69, 9.17) is 18.9 Å². The summed E-state index contributed by atoms with van der Waals surface area (Å²) in [7, 11) is 4.31. The molecular formula is C44H55N7O8. The Morgan fingerprint density at radius 2 is 1.31 bits per heavy atom. The Morgan fingerprint density at radius 3 is 1.90 bits per heavy atom. The van der Waals surface area contributed by atoms with E-state index in [2.05, 4.69) is 74.1 Å². The molecule has 314 valence electrons. The largest absolute Gasteiger partial charge is 0.453 e. The molecule has 3 aliphatic heterocycles. The maximum absolute atomic E-state index is 14.0. The molecule has 15 nitrogen and oxygen atoms in total. The number of aromatic amines is 2. The lowest BCUT2D eigenvalue weighted by Gasteiger charge is -2.31. The van der Waals surface area contributed by atoms with Crippen molar-refractivity contribution in [2.75, 3.05) is 34.4 Å². The van der Waals surface area contributed by atoms with Gasteiger partial charge in [0.25, 0.3) is 0 Å². The Labute approximate surface area is 344 Å². The standard InChI is InChI=1S/C44H55N7O8/c1-7-36(52)47-37(25(2)56-4)42(53)50-20-8-10-34(50)40-32-24-59-23-31(32)39(48-40)30-18-14-28(15-19-30)27-12-16-29(17-13-27)33-22-45-41(46-33)35-11-9-21-51(35)43(54)38(26(3)57-5)49-44(55)58-6/h12-19,22,25-26,34-35,37-38,48H,7-11,20-21,23-24H2,1-6H3,(H,45,46)(H,47,52)(H,49,55)/t25-,26-,34+,35+,37+,38+/m1/s1. The minimum Gasteiger partial charge on any atom is -0.453 e. The molecule has 0 radical (unpaired) electrons. The first-order valence-corrected chi connectivity index (χ1v) is 20.4. The van der Waals surface area contributed by atoms with Gasteiger partial charge in [-0.05, 0) is 61.8 Å². The van der Waals surface area contributed by atoms with E-state index in [1.54, 1.807) is 39.0 Å². The van der Waals surface area contributed by atoms with E-state index in [1.165, 1.54) is 14.2 Å². The first-order chi connectivity index (χ1) is 28.6. The number of carbonyl (C=O) groups is 4. The highest BCUT2D eigenvalue weighted by atomic mass is 16.5. The van der Waals surface area contributed by atoms with E-state index in [0.717, 1.165) is 76.1 Å². The number of nitrogens with one attached hydrogen (secondary N) is 4. The number of nitrogens with zero attached hydrogens (tertiary/aromatic N) is 3. The Morgan fingerprint density at radius 1 is 0.763 bits per heavy atom. The van der Waals surface area contributed by atoms with E-state index in [0.29, 0.717) is 32.1 Å². The van der Waals surface area contributed by atoms with Gasteiger partial charge in [-0.25, -0.2) is 9.78 Å². The van der Waals surface area contributed by atoms with Crippen molar-refractivity contribution in [2.45, 2.75) is 102 Å². The van der Waals surface area contributed by atoms with Crippen LogP contribution in [0.1, 0.15) is 87.6 Å². The number of hydrogen-bond donors (Lipinski definition) is 4. The number of amides is 4. The quantitative estimate of drug-likeness (QED) is 0.123. The first kappa shape index (κ1) is 41.6. The van der Waals surface area contributed by atoms with Crippen molar-refractivity contribution in [3.8, 4) is 33.6 Å². The van der Waals surface area contributed by atoms with Crippen LogP contribution >= 0.6 is 0 Å². The van der Waals surface area contributed by atoms with Gasteiger partial charge in [-0.1, -0.05) is 55.5 Å². The van der Waals surface area contributed by atoms with Crippen LogP contribution in [0, 0.1) is 0 Å². The molecule has 15 heteroatoms. The summed E-state index contributed by atoms with van der Waals surface area (Å²) in [5.74, 6) is 0.118. The van der Waals surface area contributed by atoms with Gasteiger partial charge in [-0.15, -0.1) is 0 Å². The molecule has 0 spiro atoms. The molecule has 2 saturated heterocycles. The van der Waals surface area contributed by atoms with Gasteiger partial charge in [0, 0.05) is 50.6 Å². The van der Waals surface area contributed by atoms with Crippen LogP contribution in [0.2, 0.25) is 0 Å². The number of carbonyl (C=O) groups excluding carboxylic acids is 4. The molecule has 3 aliphatic rings. The summed E-state index contributed by atoms with van der Waals surface area (Å²) >= 11 is 0. The molecular weight excluding hydrogens is 755 g/mol. The van der Waals surface area contributed by atoms with E-state index >= 15 is 0 Å². The van der Waals surface area contributed by atoms with Crippen LogP contribution in [0.4, 0.5) is 4.79 Å². The summed E-state index contributed by atoms with van der Waals surface area (Å²) in [5, 5.41) is 5.51. The van der Waals surface area contributed by atoms with Gasteiger partial charge in [0.15, 0.2) is 0 Å². The number of methoxy groups -OCH3 is 3. The van der Waals surface area contributed by atoms with Crippen LogP contribution in [0.3, 0.4) is 0 Å². The second kappa shape index (κ2) is 18.2. The third-order valence-electron chi connectivity index (χ3n) is 12.1. The molecule has 59 heavy (non-hydrogen) atoms. The normalized spacial score (nSPS) is 19.6. The van der Waals surface area contributed by atoms with Crippen molar-refractivity contribution in [2.24, 2.45) is 0 Å². The molecule has 4 N–H and O–H groups in total. The number of ether oxygens (including phenoxy) is 4. The second-order valence-electron chi connectivity index (χ2n) is 15.5.